The van der Waals surface area contributed by atoms with E-state index in [-0.39, 0.29) is 0 Å². The predicted molar refractivity (Wildman–Crippen MR) is 81.4 cm³/mol. The third kappa shape index (κ3) is 3.47. The Morgan fingerprint density at radius 3 is 2.68 bits per heavy atom. The lowest BCUT2D eigenvalue weighted by molar-refractivity contribution is 0.312. The number of pyridine rings is 1. The molecule has 0 aromatic carbocycles. The Morgan fingerprint density at radius 2 is 2.05 bits per heavy atom. The average Bonchev–Trinajstić information content (AvgIpc) is 2.47. The molecule has 0 atom stereocenters. The van der Waals surface area contributed by atoms with Gasteiger partial charge in [-0.05, 0) is 44.7 Å². The molecule has 0 amide bonds. The summed E-state index contributed by atoms with van der Waals surface area (Å²) in [5.74, 6) is 2.10. The summed E-state index contributed by atoms with van der Waals surface area (Å²) in [6.45, 7) is 3.20. The Hall–Kier alpha value is -1.09. The average molecular weight is 261 g/mol. The van der Waals surface area contributed by atoms with Gasteiger partial charge < -0.3 is 10.2 Å². The lowest BCUT2D eigenvalue weighted by Gasteiger charge is -2.36. The van der Waals surface area contributed by atoms with Crippen LogP contribution in [0.25, 0.3) is 0 Å². The first-order chi connectivity index (χ1) is 9.26. The van der Waals surface area contributed by atoms with Crippen LogP contribution in [0.15, 0.2) is 18.3 Å². The maximum absolute atomic E-state index is 4.60. The van der Waals surface area contributed by atoms with Crippen LogP contribution >= 0.6 is 0 Å². The normalized spacial score (nSPS) is 23.3. The van der Waals surface area contributed by atoms with Gasteiger partial charge in [-0.1, -0.05) is 19.4 Å². The molecule has 3 nitrogen and oxygen atoms in total. The molecule has 0 radical (unpaired) electrons. The molecule has 1 saturated carbocycles. The van der Waals surface area contributed by atoms with Gasteiger partial charge in [0, 0.05) is 31.4 Å². The van der Waals surface area contributed by atoms with Crippen molar-refractivity contribution in [3.63, 3.8) is 0 Å². The minimum Gasteiger partial charge on any atom is -0.356 e. The minimum atomic E-state index is 0.660. The molecule has 3 heteroatoms. The molecule has 106 valence electrons. The zero-order valence-corrected chi connectivity index (χ0v) is 12.5. The Bertz CT molecular complexity index is 383. The molecular weight excluding hydrogens is 234 g/mol. The largest absolute Gasteiger partial charge is 0.356 e. The fourth-order valence-electron chi connectivity index (χ4n) is 3.19. The summed E-state index contributed by atoms with van der Waals surface area (Å²) < 4.78 is 0. The predicted octanol–water partition coefficient (Wildman–Crippen LogP) is 3.21. The first-order valence-corrected chi connectivity index (χ1v) is 7.57. The number of anilines is 1. The van der Waals surface area contributed by atoms with E-state index in [2.05, 4.69) is 35.2 Å². The van der Waals surface area contributed by atoms with Gasteiger partial charge in [-0.15, -0.1) is 0 Å². The second-order valence-corrected chi connectivity index (χ2v) is 5.71. The van der Waals surface area contributed by atoms with E-state index in [1.807, 2.05) is 19.3 Å². The van der Waals surface area contributed by atoms with Crippen molar-refractivity contribution >= 4 is 5.82 Å². The molecular formula is C16H27N3. The van der Waals surface area contributed by atoms with Crippen LogP contribution in [-0.4, -0.2) is 25.1 Å². The second-order valence-electron chi connectivity index (χ2n) is 5.71. The Labute approximate surface area is 117 Å². The highest BCUT2D eigenvalue weighted by molar-refractivity contribution is 5.47. The van der Waals surface area contributed by atoms with Crippen LogP contribution in [0.3, 0.4) is 0 Å². The summed E-state index contributed by atoms with van der Waals surface area (Å²) in [5, 5.41) is 3.23. The van der Waals surface area contributed by atoms with Crippen LogP contribution in [0.1, 0.15) is 44.6 Å². The van der Waals surface area contributed by atoms with Crippen molar-refractivity contribution in [3.05, 3.63) is 23.9 Å². The number of nitrogens with one attached hydrogen (secondary N) is 1. The molecule has 0 unspecified atom stereocenters. The fourth-order valence-corrected chi connectivity index (χ4v) is 3.19. The quantitative estimate of drug-likeness (QED) is 0.882. The van der Waals surface area contributed by atoms with Gasteiger partial charge in [-0.3, -0.25) is 0 Å². The highest BCUT2D eigenvalue weighted by Gasteiger charge is 2.24. The Balaban J connectivity index is 2.05. The molecule has 0 saturated heterocycles. The number of nitrogens with zero attached hydrogens (tertiary/aromatic N) is 2. The van der Waals surface area contributed by atoms with Crippen LogP contribution in [0.2, 0.25) is 0 Å². The molecule has 0 bridgehead atoms. The topological polar surface area (TPSA) is 28.2 Å². The van der Waals surface area contributed by atoms with Crippen molar-refractivity contribution in [1.29, 1.82) is 0 Å². The van der Waals surface area contributed by atoms with Crippen molar-refractivity contribution < 1.29 is 0 Å². The summed E-state index contributed by atoms with van der Waals surface area (Å²) in [6, 6.07) is 4.86. The van der Waals surface area contributed by atoms with Crippen molar-refractivity contribution in [3.8, 4) is 0 Å². The Kier molecular flexibility index (Phi) is 5.20. The first kappa shape index (κ1) is 14.3. The fraction of sp³-hybridized carbons (Fsp3) is 0.688. The van der Waals surface area contributed by atoms with Gasteiger partial charge in [0.15, 0.2) is 0 Å². The van der Waals surface area contributed by atoms with Crippen LogP contribution in [0.4, 0.5) is 5.82 Å². The number of hydrogen-bond acceptors (Lipinski definition) is 3. The number of hydrogen-bond donors (Lipinski definition) is 1. The SMILES string of the molecule is CCC1CCC(N(C)c2ncccc2CNC)CC1. The maximum Gasteiger partial charge on any atom is 0.132 e. The van der Waals surface area contributed by atoms with Gasteiger partial charge in [0.2, 0.25) is 0 Å². The summed E-state index contributed by atoms with van der Waals surface area (Å²) in [7, 11) is 4.20. The van der Waals surface area contributed by atoms with E-state index in [4.69, 9.17) is 0 Å². The third-order valence-corrected chi connectivity index (χ3v) is 4.51. The van der Waals surface area contributed by atoms with Gasteiger partial charge in [0.05, 0.1) is 0 Å². The summed E-state index contributed by atoms with van der Waals surface area (Å²) in [4.78, 5) is 7.00. The van der Waals surface area contributed by atoms with E-state index in [1.165, 1.54) is 37.7 Å². The molecule has 2 rings (SSSR count). The molecule has 0 aliphatic heterocycles. The number of rotatable bonds is 5. The molecule has 1 N–H and O–H groups in total. The van der Waals surface area contributed by atoms with Gasteiger partial charge in [0.1, 0.15) is 5.82 Å². The van der Waals surface area contributed by atoms with Crippen LogP contribution in [0, 0.1) is 5.92 Å². The zero-order chi connectivity index (χ0) is 13.7. The smallest absolute Gasteiger partial charge is 0.132 e. The minimum absolute atomic E-state index is 0.660. The highest BCUT2D eigenvalue weighted by Crippen LogP contribution is 2.31. The van der Waals surface area contributed by atoms with E-state index in [9.17, 15) is 0 Å². The molecule has 1 aromatic heterocycles. The summed E-state index contributed by atoms with van der Waals surface area (Å²) >= 11 is 0. The van der Waals surface area contributed by atoms with Crippen LogP contribution in [0.5, 0.6) is 0 Å². The van der Waals surface area contributed by atoms with Crippen molar-refractivity contribution in [2.45, 2.75) is 51.6 Å². The molecule has 1 aliphatic carbocycles. The van der Waals surface area contributed by atoms with Gasteiger partial charge in [-0.2, -0.15) is 0 Å². The summed E-state index contributed by atoms with van der Waals surface area (Å²) in [6.07, 6.45) is 8.61. The third-order valence-electron chi connectivity index (χ3n) is 4.51. The van der Waals surface area contributed by atoms with Crippen LogP contribution < -0.4 is 10.2 Å². The zero-order valence-electron chi connectivity index (χ0n) is 12.5. The molecule has 0 spiro atoms. The van der Waals surface area contributed by atoms with Gasteiger partial charge in [0.25, 0.3) is 0 Å². The second kappa shape index (κ2) is 6.90. The van der Waals surface area contributed by atoms with Gasteiger partial charge >= 0.3 is 0 Å². The standard InChI is InChI=1S/C16H27N3/c1-4-13-7-9-15(10-8-13)19(3)16-14(12-17-2)6-5-11-18-16/h5-6,11,13,15,17H,4,7-10,12H2,1-3H3. The van der Waals surface area contributed by atoms with E-state index in [0.29, 0.717) is 6.04 Å². The summed E-state index contributed by atoms with van der Waals surface area (Å²) in [5.41, 5.74) is 1.30. The lowest BCUT2D eigenvalue weighted by Crippen LogP contribution is -2.36. The molecule has 1 fully saturated rings. The van der Waals surface area contributed by atoms with E-state index in [0.717, 1.165) is 18.3 Å². The first-order valence-electron chi connectivity index (χ1n) is 7.57. The van der Waals surface area contributed by atoms with Gasteiger partial charge in [-0.25, -0.2) is 4.98 Å². The van der Waals surface area contributed by atoms with Crippen molar-refractivity contribution in [2.24, 2.45) is 5.92 Å². The molecule has 1 aliphatic rings. The lowest BCUT2D eigenvalue weighted by atomic mass is 9.84. The monoisotopic (exact) mass is 261 g/mol. The van der Waals surface area contributed by atoms with E-state index < -0.39 is 0 Å². The number of aromatic nitrogens is 1. The van der Waals surface area contributed by atoms with Crippen LogP contribution in [-0.2, 0) is 6.54 Å². The maximum atomic E-state index is 4.60. The van der Waals surface area contributed by atoms with Crippen molar-refractivity contribution in [1.82, 2.24) is 10.3 Å². The molecule has 1 heterocycles. The Morgan fingerprint density at radius 1 is 1.32 bits per heavy atom. The highest BCUT2D eigenvalue weighted by atomic mass is 15.2. The molecule has 19 heavy (non-hydrogen) atoms. The van der Waals surface area contributed by atoms with E-state index in [1.54, 1.807) is 0 Å². The van der Waals surface area contributed by atoms with E-state index >= 15 is 0 Å². The van der Waals surface area contributed by atoms with Crippen molar-refractivity contribution in [2.75, 3.05) is 19.0 Å². The molecule has 1 aromatic rings.